The van der Waals surface area contributed by atoms with Crippen molar-refractivity contribution >= 4 is 17.4 Å². The molecule has 4 rings (SSSR count). The fourth-order valence-corrected chi connectivity index (χ4v) is 5.69. The molecular weight excluding hydrogens is 406 g/mol. The molecule has 2 aliphatic heterocycles. The van der Waals surface area contributed by atoms with Crippen LogP contribution in [0.15, 0.2) is 35.7 Å². The third-order valence-corrected chi connectivity index (χ3v) is 7.53. The first-order chi connectivity index (χ1) is 15.0. The number of benzene rings is 1. The summed E-state index contributed by atoms with van der Waals surface area (Å²) in [4.78, 5) is 20.0. The van der Waals surface area contributed by atoms with Crippen LogP contribution >= 0.6 is 11.5 Å². The smallest absolute Gasteiger partial charge is 0.236 e. The van der Waals surface area contributed by atoms with Crippen LogP contribution in [0.2, 0.25) is 0 Å². The SMILES string of the molecule is CC(C)N1CCC(CN(C)CC(=O)N2C[C@@H](c3ccccc3)[C@H](c3csnn3)C2)CC1. The molecule has 0 bridgehead atoms. The van der Waals surface area contributed by atoms with E-state index in [1.807, 2.05) is 16.3 Å². The lowest BCUT2D eigenvalue weighted by Crippen LogP contribution is -2.43. The molecule has 0 unspecified atom stereocenters. The number of hydrogen-bond donors (Lipinski definition) is 0. The van der Waals surface area contributed by atoms with Gasteiger partial charge in [-0.15, -0.1) is 5.10 Å². The molecule has 1 amide bonds. The van der Waals surface area contributed by atoms with Gasteiger partial charge in [0.2, 0.25) is 5.91 Å². The van der Waals surface area contributed by atoms with E-state index in [1.54, 1.807) is 0 Å². The number of likely N-dealkylation sites (tertiary alicyclic amines) is 2. The van der Waals surface area contributed by atoms with Crippen LogP contribution in [0.1, 0.15) is 49.8 Å². The average Bonchev–Trinajstić information content (AvgIpc) is 3.44. The largest absolute Gasteiger partial charge is 0.340 e. The van der Waals surface area contributed by atoms with Crippen molar-refractivity contribution in [3.05, 3.63) is 47.0 Å². The van der Waals surface area contributed by atoms with Crippen LogP contribution in [0.4, 0.5) is 0 Å². The fraction of sp³-hybridized carbons (Fsp3) is 0.625. The van der Waals surface area contributed by atoms with Crippen LogP contribution in [-0.4, -0.2) is 82.6 Å². The average molecular weight is 442 g/mol. The number of aromatic nitrogens is 2. The van der Waals surface area contributed by atoms with E-state index in [9.17, 15) is 4.79 Å². The molecule has 0 spiro atoms. The van der Waals surface area contributed by atoms with Crippen molar-refractivity contribution in [1.29, 1.82) is 0 Å². The first-order valence-corrected chi connectivity index (χ1v) is 12.4. The Morgan fingerprint density at radius 3 is 2.52 bits per heavy atom. The van der Waals surface area contributed by atoms with Gasteiger partial charge < -0.3 is 9.80 Å². The lowest BCUT2D eigenvalue weighted by atomic mass is 9.87. The van der Waals surface area contributed by atoms with Crippen molar-refractivity contribution in [3.8, 4) is 0 Å². The third kappa shape index (κ3) is 5.51. The normalized spacial score (nSPS) is 23.2. The highest BCUT2D eigenvalue weighted by molar-refractivity contribution is 7.03. The van der Waals surface area contributed by atoms with Gasteiger partial charge in [-0.1, -0.05) is 34.8 Å². The van der Waals surface area contributed by atoms with Crippen LogP contribution in [0.5, 0.6) is 0 Å². The molecule has 1 aromatic carbocycles. The van der Waals surface area contributed by atoms with Crippen molar-refractivity contribution in [1.82, 2.24) is 24.3 Å². The fourth-order valence-electron chi connectivity index (χ4n) is 5.17. The highest BCUT2D eigenvalue weighted by atomic mass is 32.1. The highest BCUT2D eigenvalue weighted by Crippen LogP contribution is 2.39. The van der Waals surface area contributed by atoms with E-state index in [0.29, 0.717) is 18.5 Å². The van der Waals surface area contributed by atoms with Gasteiger partial charge in [0, 0.05) is 42.9 Å². The van der Waals surface area contributed by atoms with E-state index in [0.717, 1.165) is 25.3 Å². The quantitative estimate of drug-likeness (QED) is 0.660. The molecule has 6 nitrogen and oxygen atoms in total. The molecule has 2 saturated heterocycles. The van der Waals surface area contributed by atoms with Crippen LogP contribution in [-0.2, 0) is 4.79 Å². The molecule has 168 valence electrons. The van der Waals surface area contributed by atoms with Crippen molar-refractivity contribution in [2.45, 2.75) is 44.6 Å². The Labute approximate surface area is 190 Å². The third-order valence-electron chi connectivity index (χ3n) is 7.01. The summed E-state index contributed by atoms with van der Waals surface area (Å²) in [5.41, 5.74) is 2.29. The van der Waals surface area contributed by atoms with Gasteiger partial charge in [-0.2, -0.15) is 0 Å². The molecule has 0 N–H and O–H groups in total. The summed E-state index contributed by atoms with van der Waals surface area (Å²) in [6, 6.07) is 11.2. The van der Waals surface area contributed by atoms with Crippen LogP contribution < -0.4 is 0 Å². The van der Waals surface area contributed by atoms with Crippen molar-refractivity contribution < 1.29 is 4.79 Å². The highest BCUT2D eigenvalue weighted by Gasteiger charge is 2.38. The van der Waals surface area contributed by atoms with Gasteiger partial charge in [0.15, 0.2) is 0 Å². The Balaban J connectivity index is 1.34. The maximum absolute atomic E-state index is 13.2. The molecule has 2 aliphatic rings. The van der Waals surface area contributed by atoms with E-state index in [1.165, 1.54) is 43.0 Å². The van der Waals surface area contributed by atoms with E-state index >= 15 is 0 Å². The predicted molar refractivity (Wildman–Crippen MR) is 125 cm³/mol. The zero-order chi connectivity index (χ0) is 21.8. The van der Waals surface area contributed by atoms with Crippen LogP contribution in [0.3, 0.4) is 0 Å². The number of piperidine rings is 1. The standard InChI is InChI=1S/C24H35N5OS/c1-18(2)28-11-9-19(10-12-28)13-27(3)16-24(30)29-14-21(20-7-5-4-6-8-20)22(15-29)23-17-31-26-25-23/h4-8,17-19,21-22H,9-16H2,1-3H3/t21-,22+/m0/s1. The summed E-state index contributed by atoms with van der Waals surface area (Å²) >= 11 is 1.39. The molecule has 3 heterocycles. The van der Waals surface area contributed by atoms with Crippen molar-refractivity contribution in [2.75, 3.05) is 46.3 Å². The van der Waals surface area contributed by atoms with Gasteiger partial charge in [-0.25, -0.2) is 0 Å². The van der Waals surface area contributed by atoms with Crippen LogP contribution in [0, 0.1) is 5.92 Å². The summed E-state index contributed by atoms with van der Waals surface area (Å²) in [5.74, 6) is 1.42. The van der Waals surface area contributed by atoms with Crippen LogP contribution in [0.25, 0.3) is 0 Å². The van der Waals surface area contributed by atoms with Gasteiger partial charge in [0.05, 0.1) is 12.2 Å². The number of rotatable bonds is 7. The summed E-state index contributed by atoms with van der Waals surface area (Å²) in [6.07, 6.45) is 2.46. The summed E-state index contributed by atoms with van der Waals surface area (Å²) in [6.45, 7) is 9.89. The minimum Gasteiger partial charge on any atom is -0.340 e. The van der Waals surface area contributed by atoms with Gasteiger partial charge in [0.25, 0.3) is 0 Å². The van der Waals surface area contributed by atoms with E-state index in [2.05, 4.69) is 64.5 Å². The Hall–Kier alpha value is -1.83. The lowest BCUT2D eigenvalue weighted by Gasteiger charge is -2.36. The minimum atomic E-state index is 0.218. The number of amides is 1. The topological polar surface area (TPSA) is 52.6 Å². The minimum absolute atomic E-state index is 0.218. The molecule has 2 aromatic rings. The number of nitrogens with zero attached hydrogens (tertiary/aromatic N) is 5. The zero-order valence-corrected chi connectivity index (χ0v) is 19.8. The maximum Gasteiger partial charge on any atom is 0.236 e. The Kier molecular flexibility index (Phi) is 7.35. The number of hydrogen-bond acceptors (Lipinski definition) is 6. The molecule has 0 saturated carbocycles. The number of likely N-dealkylation sites (N-methyl/N-ethyl adjacent to an activating group) is 1. The second-order valence-electron chi connectivity index (χ2n) is 9.52. The first-order valence-electron chi connectivity index (χ1n) is 11.5. The summed E-state index contributed by atoms with van der Waals surface area (Å²) in [7, 11) is 2.10. The van der Waals surface area contributed by atoms with Gasteiger partial charge in [0.1, 0.15) is 0 Å². The molecule has 1 aromatic heterocycles. The first kappa shape index (κ1) is 22.4. The second-order valence-corrected chi connectivity index (χ2v) is 10.1. The molecule has 31 heavy (non-hydrogen) atoms. The summed E-state index contributed by atoms with van der Waals surface area (Å²) < 4.78 is 4.07. The molecule has 7 heteroatoms. The number of carbonyl (C=O) groups excluding carboxylic acids is 1. The lowest BCUT2D eigenvalue weighted by molar-refractivity contribution is -0.131. The van der Waals surface area contributed by atoms with Gasteiger partial charge in [-0.3, -0.25) is 9.69 Å². The molecule has 0 radical (unpaired) electrons. The van der Waals surface area contributed by atoms with E-state index in [-0.39, 0.29) is 17.7 Å². The predicted octanol–water partition coefficient (Wildman–Crippen LogP) is 3.30. The molecule has 2 fully saturated rings. The monoisotopic (exact) mass is 441 g/mol. The van der Waals surface area contributed by atoms with Gasteiger partial charge >= 0.3 is 0 Å². The Morgan fingerprint density at radius 1 is 1.16 bits per heavy atom. The molecular formula is C24H35N5OS. The molecule has 0 aliphatic carbocycles. The maximum atomic E-state index is 13.2. The Morgan fingerprint density at radius 2 is 1.87 bits per heavy atom. The Bertz CT molecular complexity index is 820. The zero-order valence-electron chi connectivity index (χ0n) is 19.0. The van der Waals surface area contributed by atoms with Crippen molar-refractivity contribution in [2.24, 2.45) is 5.92 Å². The van der Waals surface area contributed by atoms with Crippen molar-refractivity contribution in [3.63, 3.8) is 0 Å². The number of carbonyl (C=O) groups is 1. The van der Waals surface area contributed by atoms with Gasteiger partial charge in [-0.05, 0) is 69.8 Å². The van der Waals surface area contributed by atoms with E-state index < -0.39 is 0 Å². The summed E-state index contributed by atoms with van der Waals surface area (Å²) in [5, 5.41) is 6.37. The second kappa shape index (κ2) is 10.2. The van der Waals surface area contributed by atoms with E-state index in [4.69, 9.17) is 0 Å². The molecule has 2 atom stereocenters.